The Bertz CT molecular complexity index is 1340. The Morgan fingerprint density at radius 2 is 0.589 bits per heavy atom. The lowest BCUT2D eigenvalue weighted by atomic mass is 10.0. The van der Waals surface area contributed by atoms with Crippen molar-refractivity contribution in [2.24, 2.45) is 0 Å². The van der Waals surface area contributed by atoms with E-state index in [4.69, 9.17) is 9.47 Å². The zero-order valence-electron chi connectivity index (χ0n) is 48.4. The van der Waals surface area contributed by atoms with E-state index < -0.39 is 6.10 Å². The third kappa shape index (κ3) is 61.5. The number of aliphatic hydroxyl groups is 1. The van der Waals surface area contributed by atoms with E-state index in [0.717, 1.165) is 89.9 Å². The van der Waals surface area contributed by atoms with Crippen molar-refractivity contribution < 1.29 is 24.2 Å². The van der Waals surface area contributed by atoms with Crippen LogP contribution in [0.1, 0.15) is 316 Å². The van der Waals surface area contributed by atoms with Crippen molar-refractivity contribution in [3.8, 4) is 0 Å². The average Bonchev–Trinajstić information content (AvgIpc) is 3.39. The Hall–Kier alpha value is -2.92. The maximum Gasteiger partial charge on any atom is 0.306 e. The molecule has 0 bridgehead atoms. The van der Waals surface area contributed by atoms with Gasteiger partial charge in [0.05, 0.1) is 6.61 Å². The normalized spacial score (nSPS) is 12.8. The molecule has 1 N–H and O–H groups in total. The number of rotatable bonds is 58. The second-order valence-electron chi connectivity index (χ2n) is 21.1. The summed E-state index contributed by atoms with van der Waals surface area (Å²) in [4.78, 5) is 24.6. The Balaban J connectivity index is 3.48. The van der Waals surface area contributed by atoms with Gasteiger partial charge in [-0.2, -0.15) is 0 Å². The number of allylic oxidation sites excluding steroid dienone is 14. The fraction of sp³-hybridized carbons (Fsp3) is 0.765. The Labute approximate surface area is 454 Å². The van der Waals surface area contributed by atoms with Gasteiger partial charge >= 0.3 is 11.9 Å². The van der Waals surface area contributed by atoms with Gasteiger partial charge in [0.1, 0.15) is 6.61 Å². The molecule has 0 radical (unpaired) electrons. The number of carbonyl (C=O) groups excluding carboxylic acids is 2. The average molecular weight is 1020 g/mol. The van der Waals surface area contributed by atoms with Gasteiger partial charge in [-0.1, -0.05) is 317 Å². The highest BCUT2D eigenvalue weighted by Gasteiger charge is 2.16. The van der Waals surface area contributed by atoms with E-state index in [1.54, 1.807) is 0 Å². The molecule has 0 rings (SSSR count). The number of hydrogen-bond acceptors (Lipinski definition) is 5. The SMILES string of the molecule is CC/C=C\C/C=C\C/C=C\C/C=C\C/C=C\C/C=C\C/C=C\CCCCCC(=O)OC(CO)COC(=O)CCCCCCCCCCCCCCCCCCCCCCCCCCCCCCCCCCCC. The van der Waals surface area contributed by atoms with Crippen molar-refractivity contribution in [3.05, 3.63) is 85.1 Å². The van der Waals surface area contributed by atoms with Gasteiger partial charge in [0.15, 0.2) is 6.10 Å². The van der Waals surface area contributed by atoms with E-state index in [1.807, 2.05) is 0 Å². The number of esters is 2. The van der Waals surface area contributed by atoms with Crippen LogP contribution < -0.4 is 0 Å². The molecule has 422 valence electrons. The summed E-state index contributed by atoms with van der Waals surface area (Å²) in [5.41, 5.74) is 0. The lowest BCUT2D eigenvalue weighted by Gasteiger charge is -2.15. The van der Waals surface area contributed by atoms with Crippen LogP contribution in [0.3, 0.4) is 0 Å². The van der Waals surface area contributed by atoms with Crippen LogP contribution in [-0.2, 0) is 19.1 Å². The first-order chi connectivity index (χ1) is 36.1. The summed E-state index contributed by atoms with van der Waals surface area (Å²) in [6.07, 6.45) is 88.8. The monoisotopic (exact) mass is 1020 g/mol. The summed E-state index contributed by atoms with van der Waals surface area (Å²) < 4.78 is 10.7. The highest BCUT2D eigenvalue weighted by Crippen LogP contribution is 2.18. The lowest BCUT2D eigenvalue weighted by Crippen LogP contribution is -2.28. The Morgan fingerprint density at radius 1 is 0.329 bits per heavy atom. The second kappa shape index (κ2) is 63.4. The Kier molecular flexibility index (Phi) is 60.8. The molecular formula is C68H120O5. The predicted molar refractivity (Wildman–Crippen MR) is 320 cm³/mol. The maximum absolute atomic E-state index is 12.3. The fourth-order valence-electron chi connectivity index (χ4n) is 9.25. The van der Waals surface area contributed by atoms with Crippen LogP contribution in [0, 0.1) is 0 Å². The van der Waals surface area contributed by atoms with Gasteiger partial charge in [0.2, 0.25) is 0 Å². The third-order valence-corrected chi connectivity index (χ3v) is 14.0. The fourth-order valence-corrected chi connectivity index (χ4v) is 9.25. The smallest absolute Gasteiger partial charge is 0.306 e. The molecule has 0 heterocycles. The topological polar surface area (TPSA) is 72.8 Å². The van der Waals surface area contributed by atoms with Crippen molar-refractivity contribution in [3.63, 3.8) is 0 Å². The van der Waals surface area contributed by atoms with Crippen molar-refractivity contribution >= 4 is 11.9 Å². The molecule has 0 saturated heterocycles. The number of carbonyl (C=O) groups is 2. The van der Waals surface area contributed by atoms with Crippen molar-refractivity contribution in [1.29, 1.82) is 0 Å². The van der Waals surface area contributed by atoms with Gasteiger partial charge in [0.25, 0.3) is 0 Å². The quantitative estimate of drug-likeness (QED) is 0.0373. The molecule has 0 saturated carbocycles. The molecular weight excluding hydrogens is 897 g/mol. The first-order valence-electron chi connectivity index (χ1n) is 31.6. The van der Waals surface area contributed by atoms with Gasteiger partial charge < -0.3 is 14.6 Å². The van der Waals surface area contributed by atoms with E-state index in [-0.39, 0.29) is 25.2 Å². The van der Waals surface area contributed by atoms with Crippen LogP contribution in [0.5, 0.6) is 0 Å². The van der Waals surface area contributed by atoms with E-state index in [0.29, 0.717) is 12.8 Å². The molecule has 1 unspecified atom stereocenters. The minimum Gasteiger partial charge on any atom is -0.462 e. The largest absolute Gasteiger partial charge is 0.462 e. The van der Waals surface area contributed by atoms with Gasteiger partial charge in [0, 0.05) is 12.8 Å². The molecule has 0 amide bonds. The molecule has 0 aliphatic rings. The van der Waals surface area contributed by atoms with Gasteiger partial charge in [-0.15, -0.1) is 0 Å². The molecule has 0 aromatic carbocycles. The summed E-state index contributed by atoms with van der Waals surface area (Å²) in [6.45, 7) is 4.03. The molecule has 0 aromatic rings. The standard InChI is InChI=1S/C68H120O5/c1-3-5-7-9-11-13-15-17-19-21-23-25-27-29-30-31-32-33-34-35-36-37-39-40-42-44-46-48-50-52-54-56-58-60-62-67(70)72-65-66(64-69)73-68(71)63-61-59-57-55-53-51-49-47-45-43-41-38-28-26-24-22-20-18-16-14-12-10-8-6-4-2/h6,8,12,14,18,20,24,26,38,41,45,47,51,53,66,69H,3-5,7,9-11,13,15-17,19,21-23,25,27-37,39-40,42-44,46,48-50,52,54-65H2,1-2H3/b8-6-,14-12-,20-18-,26-24-,41-38-,47-45-,53-51-. The number of aliphatic hydroxyl groups excluding tert-OH is 1. The number of unbranched alkanes of at least 4 members (excludes halogenated alkanes) is 36. The van der Waals surface area contributed by atoms with Crippen molar-refractivity contribution in [2.75, 3.05) is 13.2 Å². The second-order valence-corrected chi connectivity index (χ2v) is 21.1. The lowest BCUT2D eigenvalue weighted by molar-refractivity contribution is -0.161. The van der Waals surface area contributed by atoms with E-state index in [1.165, 1.54) is 199 Å². The summed E-state index contributed by atoms with van der Waals surface area (Å²) in [5, 5.41) is 9.67. The minimum absolute atomic E-state index is 0.0811. The van der Waals surface area contributed by atoms with Crippen LogP contribution in [0.25, 0.3) is 0 Å². The summed E-state index contributed by atoms with van der Waals surface area (Å²) >= 11 is 0. The third-order valence-electron chi connectivity index (χ3n) is 14.0. The molecule has 5 nitrogen and oxygen atoms in total. The van der Waals surface area contributed by atoms with Gasteiger partial charge in [-0.05, 0) is 70.6 Å². The number of hydrogen-bond donors (Lipinski definition) is 1. The molecule has 0 fully saturated rings. The van der Waals surface area contributed by atoms with Gasteiger partial charge in [-0.25, -0.2) is 0 Å². The maximum atomic E-state index is 12.3. The van der Waals surface area contributed by atoms with E-state index in [9.17, 15) is 14.7 Å². The van der Waals surface area contributed by atoms with Crippen LogP contribution >= 0.6 is 0 Å². The van der Waals surface area contributed by atoms with Crippen LogP contribution in [0.4, 0.5) is 0 Å². The van der Waals surface area contributed by atoms with E-state index in [2.05, 4.69) is 98.9 Å². The first kappa shape index (κ1) is 70.1. The van der Waals surface area contributed by atoms with Crippen molar-refractivity contribution in [1.82, 2.24) is 0 Å². The molecule has 0 aliphatic carbocycles. The van der Waals surface area contributed by atoms with Crippen LogP contribution in [-0.4, -0.2) is 36.4 Å². The minimum atomic E-state index is -0.795. The molecule has 0 aromatic heterocycles. The Morgan fingerprint density at radius 3 is 0.890 bits per heavy atom. The molecule has 5 heteroatoms. The summed E-state index contributed by atoms with van der Waals surface area (Å²) in [7, 11) is 0. The molecule has 1 atom stereocenters. The molecule has 0 aliphatic heterocycles. The zero-order chi connectivity index (χ0) is 52.7. The van der Waals surface area contributed by atoms with Crippen LogP contribution in [0.2, 0.25) is 0 Å². The van der Waals surface area contributed by atoms with E-state index >= 15 is 0 Å². The highest BCUT2D eigenvalue weighted by atomic mass is 16.6. The van der Waals surface area contributed by atoms with Crippen LogP contribution in [0.15, 0.2) is 85.1 Å². The summed E-state index contributed by atoms with van der Waals surface area (Å²) in [6, 6.07) is 0. The molecule has 0 spiro atoms. The first-order valence-corrected chi connectivity index (χ1v) is 31.6. The highest BCUT2D eigenvalue weighted by molar-refractivity contribution is 5.70. The predicted octanol–water partition coefficient (Wildman–Crippen LogP) is 21.7. The zero-order valence-corrected chi connectivity index (χ0v) is 48.4. The summed E-state index contributed by atoms with van der Waals surface area (Å²) in [5.74, 6) is -0.621. The van der Waals surface area contributed by atoms with Crippen molar-refractivity contribution in [2.45, 2.75) is 322 Å². The molecule has 73 heavy (non-hydrogen) atoms. The van der Waals surface area contributed by atoms with Gasteiger partial charge in [-0.3, -0.25) is 9.59 Å². The number of ether oxygens (including phenoxy) is 2.